The molecule has 4 rings (SSSR count). The van der Waals surface area contributed by atoms with E-state index in [1.54, 1.807) is 0 Å². The van der Waals surface area contributed by atoms with Gasteiger partial charge in [-0.2, -0.15) is 11.1 Å². The van der Waals surface area contributed by atoms with Crippen LogP contribution in [-0.2, 0) is 6.42 Å². The molecule has 1 atom stereocenters. The number of allylic oxidation sites excluding steroid dienone is 1. The molecule has 0 aliphatic carbocycles. The molecule has 0 spiro atoms. The molecular formula is C20H22ClN5. The van der Waals surface area contributed by atoms with Crippen LogP contribution in [0.3, 0.4) is 0 Å². The lowest BCUT2D eigenvalue weighted by Crippen LogP contribution is -2.33. The number of benzene rings is 2. The van der Waals surface area contributed by atoms with Crippen LogP contribution in [0.25, 0.3) is 11.1 Å². The van der Waals surface area contributed by atoms with E-state index in [9.17, 15) is 0 Å². The SMILES string of the molecule is CC1=NC(Cl)=C(C)C1Cc1ccc(-c2ccccc2C2NNNN2)cc1. The fourth-order valence-electron chi connectivity index (χ4n) is 3.55. The Morgan fingerprint density at radius 1 is 0.962 bits per heavy atom. The lowest BCUT2D eigenvalue weighted by molar-refractivity contribution is 0.556. The van der Waals surface area contributed by atoms with Gasteiger partial charge in [0.1, 0.15) is 11.3 Å². The van der Waals surface area contributed by atoms with E-state index in [0.29, 0.717) is 11.1 Å². The maximum atomic E-state index is 6.17. The first-order valence-electron chi connectivity index (χ1n) is 8.74. The van der Waals surface area contributed by atoms with Crippen molar-refractivity contribution < 1.29 is 0 Å². The predicted molar refractivity (Wildman–Crippen MR) is 106 cm³/mol. The number of rotatable bonds is 4. The first-order valence-corrected chi connectivity index (χ1v) is 9.12. The number of aliphatic imine (C=N–C) groups is 1. The maximum Gasteiger partial charge on any atom is 0.128 e. The van der Waals surface area contributed by atoms with Crippen LogP contribution in [0.4, 0.5) is 0 Å². The molecule has 2 aliphatic rings. The third-order valence-electron chi connectivity index (χ3n) is 5.10. The zero-order valence-corrected chi connectivity index (χ0v) is 15.6. The van der Waals surface area contributed by atoms with Gasteiger partial charge in [-0.05, 0) is 48.1 Å². The molecule has 0 amide bonds. The molecule has 134 valence electrons. The van der Waals surface area contributed by atoms with Gasteiger partial charge in [0.15, 0.2) is 0 Å². The van der Waals surface area contributed by atoms with E-state index in [0.717, 1.165) is 17.7 Å². The topological polar surface area (TPSA) is 60.5 Å². The van der Waals surface area contributed by atoms with Crippen molar-refractivity contribution in [2.24, 2.45) is 10.9 Å². The summed E-state index contributed by atoms with van der Waals surface area (Å²) < 4.78 is 0. The molecule has 0 bridgehead atoms. The smallest absolute Gasteiger partial charge is 0.128 e. The quantitative estimate of drug-likeness (QED) is 0.624. The van der Waals surface area contributed by atoms with E-state index in [1.807, 2.05) is 0 Å². The Labute approximate surface area is 158 Å². The van der Waals surface area contributed by atoms with Gasteiger partial charge in [0, 0.05) is 11.6 Å². The van der Waals surface area contributed by atoms with Crippen molar-refractivity contribution in [3.63, 3.8) is 0 Å². The summed E-state index contributed by atoms with van der Waals surface area (Å²) >= 11 is 6.17. The van der Waals surface area contributed by atoms with Gasteiger partial charge in [-0.3, -0.25) is 0 Å². The molecule has 0 radical (unpaired) electrons. The summed E-state index contributed by atoms with van der Waals surface area (Å²) in [5.74, 6) is 0.310. The van der Waals surface area contributed by atoms with Crippen LogP contribution in [0.5, 0.6) is 0 Å². The van der Waals surface area contributed by atoms with E-state index >= 15 is 0 Å². The molecule has 5 nitrogen and oxygen atoms in total. The minimum Gasteiger partial charge on any atom is -0.245 e. The summed E-state index contributed by atoms with van der Waals surface area (Å²) in [7, 11) is 0. The predicted octanol–water partition coefficient (Wildman–Crippen LogP) is 3.57. The highest BCUT2D eigenvalue weighted by molar-refractivity contribution is 6.31. The van der Waals surface area contributed by atoms with Crippen LogP contribution in [0.1, 0.15) is 31.1 Å². The van der Waals surface area contributed by atoms with Crippen LogP contribution in [0, 0.1) is 5.92 Å². The van der Waals surface area contributed by atoms with Crippen LogP contribution in [-0.4, -0.2) is 5.71 Å². The molecule has 2 aromatic rings. The number of hydrazine groups is 3. The van der Waals surface area contributed by atoms with E-state index in [4.69, 9.17) is 11.6 Å². The monoisotopic (exact) mass is 367 g/mol. The van der Waals surface area contributed by atoms with Crippen LogP contribution >= 0.6 is 11.6 Å². The van der Waals surface area contributed by atoms with Crippen LogP contribution < -0.4 is 21.9 Å². The highest BCUT2D eigenvalue weighted by atomic mass is 35.5. The second-order valence-corrected chi connectivity index (χ2v) is 7.10. The number of hydrogen-bond donors (Lipinski definition) is 4. The Kier molecular flexibility index (Phi) is 4.89. The van der Waals surface area contributed by atoms with E-state index in [-0.39, 0.29) is 6.17 Å². The maximum absolute atomic E-state index is 6.17. The minimum absolute atomic E-state index is 0.0122. The molecule has 4 N–H and O–H groups in total. The first-order chi connectivity index (χ1) is 12.6. The van der Waals surface area contributed by atoms with Gasteiger partial charge in [0.2, 0.25) is 0 Å². The first kappa shape index (κ1) is 17.4. The standard InChI is InChI=1S/C20H22ClN5/c1-12-18(13(2)22-19(12)21)11-14-7-9-15(10-8-14)16-5-3-4-6-17(16)20-23-25-26-24-20/h3-10,18,20,23-26H,11H2,1-2H3. The molecule has 2 heterocycles. The van der Waals surface area contributed by atoms with Crippen molar-refractivity contribution in [1.29, 1.82) is 0 Å². The van der Waals surface area contributed by atoms with E-state index in [2.05, 4.69) is 89.3 Å². The Morgan fingerprint density at radius 2 is 1.65 bits per heavy atom. The highest BCUT2D eigenvalue weighted by Gasteiger charge is 2.23. The lowest BCUT2D eigenvalue weighted by Gasteiger charge is -2.16. The fourth-order valence-corrected chi connectivity index (χ4v) is 3.82. The Hall–Kier alpha value is -2.02. The zero-order valence-electron chi connectivity index (χ0n) is 14.8. The molecule has 2 aromatic carbocycles. The second-order valence-electron chi connectivity index (χ2n) is 6.74. The van der Waals surface area contributed by atoms with Crippen LogP contribution in [0.15, 0.2) is 64.3 Å². The summed E-state index contributed by atoms with van der Waals surface area (Å²) in [6.07, 6.45) is 0.942. The molecule has 1 fully saturated rings. The van der Waals surface area contributed by atoms with Gasteiger partial charge in [-0.25, -0.2) is 15.8 Å². The average molecular weight is 368 g/mol. The lowest BCUT2D eigenvalue weighted by atomic mass is 9.90. The minimum atomic E-state index is 0.0122. The summed E-state index contributed by atoms with van der Waals surface area (Å²) in [6, 6.07) is 17.2. The second kappa shape index (κ2) is 7.31. The van der Waals surface area contributed by atoms with Crippen LogP contribution in [0.2, 0.25) is 0 Å². The summed E-state index contributed by atoms with van der Waals surface area (Å²) in [5, 5.41) is 0.650. The van der Waals surface area contributed by atoms with Gasteiger partial charge in [-0.15, -0.1) is 0 Å². The van der Waals surface area contributed by atoms with Gasteiger partial charge in [0.25, 0.3) is 0 Å². The molecule has 0 saturated carbocycles. The van der Waals surface area contributed by atoms with Gasteiger partial charge in [-0.1, -0.05) is 60.1 Å². The molecule has 6 heteroatoms. The number of nitrogens with zero attached hydrogens (tertiary/aromatic N) is 1. The van der Waals surface area contributed by atoms with Crippen molar-refractivity contribution in [2.75, 3.05) is 0 Å². The van der Waals surface area contributed by atoms with E-state index < -0.39 is 0 Å². The largest absolute Gasteiger partial charge is 0.245 e. The van der Waals surface area contributed by atoms with Gasteiger partial charge >= 0.3 is 0 Å². The summed E-state index contributed by atoms with van der Waals surface area (Å²) in [4.78, 5) is 4.40. The number of nitrogens with one attached hydrogen (secondary N) is 4. The third kappa shape index (κ3) is 3.32. The normalized spacial score (nSPS) is 20.7. The van der Waals surface area contributed by atoms with Crippen molar-refractivity contribution in [2.45, 2.75) is 26.4 Å². The zero-order chi connectivity index (χ0) is 18.1. The molecule has 1 saturated heterocycles. The average Bonchev–Trinajstić information content (AvgIpc) is 3.27. The van der Waals surface area contributed by atoms with Gasteiger partial charge < -0.3 is 0 Å². The molecular weight excluding hydrogens is 346 g/mol. The number of hydrogen-bond acceptors (Lipinski definition) is 5. The summed E-state index contributed by atoms with van der Waals surface area (Å²) in [5.41, 5.74) is 19.2. The Balaban J connectivity index is 1.57. The Bertz CT molecular complexity index is 866. The molecule has 1 unspecified atom stereocenters. The van der Waals surface area contributed by atoms with Gasteiger partial charge in [0.05, 0.1) is 0 Å². The summed E-state index contributed by atoms with van der Waals surface area (Å²) in [6.45, 7) is 4.12. The fraction of sp³-hybridized carbons (Fsp3) is 0.250. The van der Waals surface area contributed by atoms with E-state index in [1.165, 1.54) is 22.3 Å². The number of halogens is 1. The Morgan fingerprint density at radius 3 is 2.31 bits per heavy atom. The molecule has 26 heavy (non-hydrogen) atoms. The van der Waals surface area contributed by atoms with Crippen molar-refractivity contribution in [3.05, 3.63) is 70.4 Å². The van der Waals surface area contributed by atoms with Crippen molar-refractivity contribution >= 4 is 17.3 Å². The van der Waals surface area contributed by atoms with Crippen molar-refractivity contribution in [1.82, 2.24) is 21.9 Å². The molecule has 2 aliphatic heterocycles. The third-order valence-corrected chi connectivity index (χ3v) is 5.48. The highest BCUT2D eigenvalue weighted by Crippen LogP contribution is 2.32. The van der Waals surface area contributed by atoms with Crippen molar-refractivity contribution in [3.8, 4) is 11.1 Å². The molecule has 0 aromatic heterocycles.